The first-order valence-corrected chi connectivity index (χ1v) is 4.52. The highest BCUT2D eigenvalue weighted by Crippen LogP contribution is 2.19. The SMILES string of the molecule is CC(N)(C#N)CCc1ccccc1O. The Morgan fingerprint density at radius 2 is 2.14 bits per heavy atom. The highest BCUT2D eigenvalue weighted by atomic mass is 16.3. The predicted molar refractivity (Wildman–Crippen MR) is 54.6 cm³/mol. The van der Waals surface area contributed by atoms with E-state index < -0.39 is 5.54 Å². The summed E-state index contributed by atoms with van der Waals surface area (Å²) >= 11 is 0. The molecule has 0 saturated heterocycles. The Morgan fingerprint density at radius 1 is 1.50 bits per heavy atom. The lowest BCUT2D eigenvalue weighted by molar-refractivity contribution is 0.461. The van der Waals surface area contributed by atoms with Gasteiger partial charge in [0.15, 0.2) is 0 Å². The molecular formula is C11H14N2O. The van der Waals surface area contributed by atoms with Gasteiger partial charge in [0.05, 0.1) is 6.07 Å². The van der Waals surface area contributed by atoms with Crippen LogP contribution in [0.25, 0.3) is 0 Å². The Balaban J connectivity index is 2.64. The molecule has 1 aromatic rings. The van der Waals surface area contributed by atoms with Gasteiger partial charge in [0.2, 0.25) is 0 Å². The van der Waals surface area contributed by atoms with Gasteiger partial charge in [-0.25, -0.2) is 0 Å². The highest BCUT2D eigenvalue weighted by Gasteiger charge is 2.17. The molecule has 74 valence electrons. The summed E-state index contributed by atoms with van der Waals surface area (Å²) in [5.41, 5.74) is 5.69. The van der Waals surface area contributed by atoms with Crippen molar-refractivity contribution in [1.82, 2.24) is 0 Å². The molecule has 1 rings (SSSR count). The summed E-state index contributed by atoms with van der Waals surface area (Å²) in [6, 6.07) is 9.12. The van der Waals surface area contributed by atoms with Crippen molar-refractivity contribution in [2.45, 2.75) is 25.3 Å². The Kier molecular flexibility index (Phi) is 3.10. The van der Waals surface area contributed by atoms with E-state index in [0.717, 1.165) is 5.56 Å². The van der Waals surface area contributed by atoms with Crippen molar-refractivity contribution in [2.75, 3.05) is 0 Å². The number of nitrogens with zero attached hydrogens (tertiary/aromatic N) is 1. The molecular weight excluding hydrogens is 176 g/mol. The summed E-state index contributed by atoms with van der Waals surface area (Å²) in [5, 5.41) is 18.2. The second-order valence-electron chi connectivity index (χ2n) is 3.66. The molecule has 0 saturated carbocycles. The van der Waals surface area contributed by atoms with Crippen LogP contribution in [0.2, 0.25) is 0 Å². The largest absolute Gasteiger partial charge is 0.508 e. The second-order valence-corrected chi connectivity index (χ2v) is 3.66. The molecule has 0 amide bonds. The quantitative estimate of drug-likeness (QED) is 0.760. The number of aromatic hydroxyl groups is 1. The normalized spacial score (nSPS) is 14.4. The number of phenols is 1. The minimum Gasteiger partial charge on any atom is -0.508 e. The topological polar surface area (TPSA) is 70.0 Å². The molecule has 1 unspecified atom stereocenters. The molecule has 0 spiro atoms. The maximum atomic E-state index is 9.46. The third-order valence-electron chi connectivity index (χ3n) is 2.16. The van der Waals surface area contributed by atoms with Crippen LogP contribution in [-0.2, 0) is 6.42 Å². The number of phenolic OH excluding ortho intramolecular Hbond substituents is 1. The maximum absolute atomic E-state index is 9.46. The molecule has 0 aromatic heterocycles. The lowest BCUT2D eigenvalue weighted by Gasteiger charge is -2.14. The first-order chi connectivity index (χ1) is 6.55. The van der Waals surface area contributed by atoms with Crippen LogP contribution >= 0.6 is 0 Å². The minimum atomic E-state index is -0.817. The van der Waals surface area contributed by atoms with E-state index in [2.05, 4.69) is 0 Å². The van der Waals surface area contributed by atoms with E-state index in [9.17, 15) is 5.11 Å². The average molecular weight is 190 g/mol. The van der Waals surface area contributed by atoms with Crippen molar-refractivity contribution < 1.29 is 5.11 Å². The fourth-order valence-corrected chi connectivity index (χ4v) is 1.17. The van der Waals surface area contributed by atoms with E-state index >= 15 is 0 Å². The van der Waals surface area contributed by atoms with Gasteiger partial charge in [0.1, 0.15) is 11.3 Å². The number of para-hydroxylation sites is 1. The third kappa shape index (κ3) is 2.75. The fourth-order valence-electron chi connectivity index (χ4n) is 1.17. The molecule has 3 N–H and O–H groups in total. The van der Waals surface area contributed by atoms with Crippen LogP contribution < -0.4 is 5.73 Å². The van der Waals surface area contributed by atoms with Crippen molar-refractivity contribution in [3.05, 3.63) is 29.8 Å². The molecule has 3 nitrogen and oxygen atoms in total. The number of benzene rings is 1. The van der Waals surface area contributed by atoms with Gasteiger partial charge in [0, 0.05) is 0 Å². The second kappa shape index (κ2) is 4.12. The first-order valence-electron chi connectivity index (χ1n) is 4.52. The molecule has 3 heteroatoms. The van der Waals surface area contributed by atoms with Gasteiger partial charge in [-0.2, -0.15) is 5.26 Å². The van der Waals surface area contributed by atoms with Gasteiger partial charge in [-0.3, -0.25) is 0 Å². The zero-order valence-corrected chi connectivity index (χ0v) is 8.20. The number of hydrogen-bond donors (Lipinski definition) is 2. The van der Waals surface area contributed by atoms with Crippen molar-refractivity contribution in [3.8, 4) is 11.8 Å². The van der Waals surface area contributed by atoms with Crippen LogP contribution in [0.1, 0.15) is 18.9 Å². The summed E-state index contributed by atoms with van der Waals surface area (Å²) in [4.78, 5) is 0. The Morgan fingerprint density at radius 3 is 2.71 bits per heavy atom. The van der Waals surface area contributed by atoms with Crippen LogP contribution in [-0.4, -0.2) is 10.6 Å². The summed E-state index contributed by atoms with van der Waals surface area (Å²) < 4.78 is 0. The number of nitrogens with two attached hydrogens (primary N) is 1. The monoisotopic (exact) mass is 190 g/mol. The van der Waals surface area contributed by atoms with Gasteiger partial charge in [0.25, 0.3) is 0 Å². The zero-order chi connectivity index (χ0) is 10.6. The molecule has 0 fully saturated rings. The molecule has 1 atom stereocenters. The summed E-state index contributed by atoms with van der Waals surface area (Å²) in [6.45, 7) is 1.69. The molecule has 0 radical (unpaired) electrons. The van der Waals surface area contributed by atoms with Crippen molar-refractivity contribution in [3.63, 3.8) is 0 Å². The van der Waals surface area contributed by atoms with Gasteiger partial charge < -0.3 is 10.8 Å². The number of nitriles is 1. The van der Waals surface area contributed by atoms with Crippen LogP contribution in [0.15, 0.2) is 24.3 Å². The van der Waals surface area contributed by atoms with Gasteiger partial charge in [-0.05, 0) is 31.4 Å². The summed E-state index contributed by atoms with van der Waals surface area (Å²) in [7, 11) is 0. The van der Waals surface area contributed by atoms with E-state index in [1.807, 2.05) is 18.2 Å². The zero-order valence-electron chi connectivity index (χ0n) is 8.20. The highest BCUT2D eigenvalue weighted by molar-refractivity contribution is 5.32. The summed E-state index contributed by atoms with van der Waals surface area (Å²) in [6.07, 6.45) is 1.16. The van der Waals surface area contributed by atoms with Gasteiger partial charge in [-0.1, -0.05) is 18.2 Å². The molecule has 0 aliphatic rings. The molecule has 14 heavy (non-hydrogen) atoms. The Hall–Kier alpha value is -1.53. The Bertz CT molecular complexity index is 353. The van der Waals surface area contributed by atoms with Gasteiger partial charge >= 0.3 is 0 Å². The van der Waals surface area contributed by atoms with Crippen molar-refractivity contribution >= 4 is 0 Å². The molecule has 0 aliphatic heterocycles. The predicted octanol–water partition coefficient (Wildman–Crippen LogP) is 1.57. The van der Waals surface area contributed by atoms with E-state index in [0.29, 0.717) is 12.8 Å². The summed E-state index contributed by atoms with van der Waals surface area (Å²) in [5.74, 6) is 0.265. The van der Waals surface area contributed by atoms with E-state index in [1.54, 1.807) is 19.1 Å². The minimum absolute atomic E-state index is 0.265. The van der Waals surface area contributed by atoms with E-state index in [-0.39, 0.29) is 5.75 Å². The van der Waals surface area contributed by atoms with Crippen LogP contribution in [0.4, 0.5) is 0 Å². The molecule has 0 aliphatic carbocycles. The molecule has 0 bridgehead atoms. The lowest BCUT2D eigenvalue weighted by Crippen LogP contribution is -2.34. The van der Waals surface area contributed by atoms with Gasteiger partial charge in [-0.15, -0.1) is 0 Å². The van der Waals surface area contributed by atoms with E-state index in [1.165, 1.54) is 0 Å². The average Bonchev–Trinajstić information content (AvgIpc) is 2.17. The third-order valence-corrected chi connectivity index (χ3v) is 2.16. The van der Waals surface area contributed by atoms with Crippen molar-refractivity contribution in [1.29, 1.82) is 5.26 Å². The van der Waals surface area contributed by atoms with E-state index in [4.69, 9.17) is 11.0 Å². The lowest BCUT2D eigenvalue weighted by atomic mass is 9.96. The number of aryl methyl sites for hydroxylation is 1. The first kappa shape index (κ1) is 10.6. The maximum Gasteiger partial charge on any atom is 0.118 e. The van der Waals surface area contributed by atoms with Crippen LogP contribution in [0.5, 0.6) is 5.75 Å². The Labute approximate surface area is 83.8 Å². The number of hydrogen-bond acceptors (Lipinski definition) is 3. The number of rotatable bonds is 3. The molecule has 1 aromatic carbocycles. The standard InChI is InChI=1S/C11H14N2O/c1-11(13,8-12)7-6-9-4-2-3-5-10(9)14/h2-5,14H,6-7,13H2,1H3. The molecule has 0 heterocycles. The fraction of sp³-hybridized carbons (Fsp3) is 0.364. The smallest absolute Gasteiger partial charge is 0.118 e. The van der Waals surface area contributed by atoms with Crippen LogP contribution in [0.3, 0.4) is 0 Å². The van der Waals surface area contributed by atoms with Crippen LogP contribution in [0, 0.1) is 11.3 Å². The van der Waals surface area contributed by atoms with Crippen molar-refractivity contribution in [2.24, 2.45) is 5.73 Å².